The van der Waals surface area contributed by atoms with E-state index in [1.54, 1.807) is 0 Å². The Kier molecular flexibility index (Phi) is 3.66. The van der Waals surface area contributed by atoms with Crippen LogP contribution in [0.25, 0.3) is 5.65 Å². The summed E-state index contributed by atoms with van der Waals surface area (Å²) in [7, 11) is 0. The molecule has 19 heavy (non-hydrogen) atoms. The molecule has 1 aliphatic heterocycles. The van der Waals surface area contributed by atoms with Gasteiger partial charge in [0.1, 0.15) is 5.65 Å². The molecule has 4 nitrogen and oxygen atoms in total. The summed E-state index contributed by atoms with van der Waals surface area (Å²) in [4.78, 5) is 7.23. The highest BCUT2D eigenvalue weighted by Crippen LogP contribution is 2.27. The van der Waals surface area contributed by atoms with Crippen LogP contribution >= 0.6 is 11.8 Å². The molecule has 1 aliphatic rings. The van der Waals surface area contributed by atoms with Gasteiger partial charge in [-0.2, -0.15) is 11.8 Å². The predicted molar refractivity (Wildman–Crippen MR) is 82.1 cm³/mol. The molecule has 0 saturated carbocycles. The summed E-state index contributed by atoms with van der Waals surface area (Å²) in [5.74, 6) is 2.31. The van der Waals surface area contributed by atoms with Crippen molar-refractivity contribution in [3.05, 3.63) is 30.1 Å². The van der Waals surface area contributed by atoms with Gasteiger partial charge in [-0.15, -0.1) is 0 Å². The standard InChI is InChI=1S/C14H20N4S/c1-11-10-17(8-9-19-11)14-12(5-6-15)18-7-3-2-4-13(18)16-14/h2-4,7,11H,5-6,8-10,15H2,1H3. The molecule has 102 valence electrons. The number of aromatic nitrogens is 2. The third-order valence-electron chi connectivity index (χ3n) is 3.53. The highest BCUT2D eigenvalue weighted by molar-refractivity contribution is 8.00. The van der Waals surface area contributed by atoms with Crippen LogP contribution in [-0.2, 0) is 6.42 Å². The lowest BCUT2D eigenvalue weighted by Gasteiger charge is -2.31. The molecule has 0 radical (unpaired) electrons. The number of hydrogen-bond donors (Lipinski definition) is 1. The fourth-order valence-corrected chi connectivity index (χ4v) is 3.68. The van der Waals surface area contributed by atoms with E-state index >= 15 is 0 Å². The lowest BCUT2D eigenvalue weighted by atomic mass is 10.2. The highest BCUT2D eigenvalue weighted by Gasteiger charge is 2.22. The maximum atomic E-state index is 5.77. The van der Waals surface area contributed by atoms with Gasteiger partial charge in [0.2, 0.25) is 0 Å². The van der Waals surface area contributed by atoms with E-state index in [9.17, 15) is 0 Å². The monoisotopic (exact) mass is 276 g/mol. The van der Waals surface area contributed by atoms with Gasteiger partial charge in [-0.3, -0.25) is 0 Å². The smallest absolute Gasteiger partial charge is 0.151 e. The number of fused-ring (bicyclic) bond motifs is 1. The molecule has 1 unspecified atom stereocenters. The third-order valence-corrected chi connectivity index (χ3v) is 4.67. The molecule has 0 spiro atoms. The Labute approximate surface area is 118 Å². The molecular formula is C14H20N4S. The van der Waals surface area contributed by atoms with Crippen LogP contribution in [0.4, 0.5) is 5.82 Å². The van der Waals surface area contributed by atoms with Gasteiger partial charge in [0.15, 0.2) is 5.82 Å². The van der Waals surface area contributed by atoms with Gasteiger partial charge in [0, 0.05) is 36.7 Å². The van der Waals surface area contributed by atoms with Crippen LogP contribution in [0.5, 0.6) is 0 Å². The number of hydrogen-bond acceptors (Lipinski definition) is 4. The van der Waals surface area contributed by atoms with Crippen molar-refractivity contribution in [3.63, 3.8) is 0 Å². The topological polar surface area (TPSA) is 46.6 Å². The third kappa shape index (κ3) is 2.44. The molecule has 3 heterocycles. The Morgan fingerprint density at radius 3 is 3.16 bits per heavy atom. The molecule has 5 heteroatoms. The molecule has 0 amide bonds. The summed E-state index contributed by atoms with van der Waals surface area (Å²) >= 11 is 2.04. The lowest BCUT2D eigenvalue weighted by molar-refractivity contribution is 0.762. The fourth-order valence-electron chi connectivity index (χ4n) is 2.67. The van der Waals surface area contributed by atoms with Gasteiger partial charge in [-0.25, -0.2) is 4.98 Å². The zero-order valence-electron chi connectivity index (χ0n) is 11.2. The summed E-state index contributed by atoms with van der Waals surface area (Å²) < 4.78 is 2.18. The largest absolute Gasteiger partial charge is 0.353 e. The van der Waals surface area contributed by atoms with Crippen LogP contribution in [0.3, 0.4) is 0 Å². The number of pyridine rings is 1. The van der Waals surface area contributed by atoms with E-state index in [-0.39, 0.29) is 0 Å². The number of anilines is 1. The quantitative estimate of drug-likeness (QED) is 0.928. The Hall–Kier alpha value is -1.20. The second-order valence-corrected chi connectivity index (χ2v) is 6.52. The van der Waals surface area contributed by atoms with Crippen molar-refractivity contribution in [1.29, 1.82) is 0 Å². The van der Waals surface area contributed by atoms with Crippen molar-refractivity contribution in [3.8, 4) is 0 Å². The number of thioether (sulfide) groups is 1. The first kappa shape index (κ1) is 12.8. The van der Waals surface area contributed by atoms with Gasteiger partial charge < -0.3 is 15.0 Å². The van der Waals surface area contributed by atoms with E-state index in [0.29, 0.717) is 11.8 Å². The van der Waals surface area contributed by atoms with Crippen LogP contribution in [0.2, 0.25) is 0 Å². The second-order valence-electron chi connectivity index (χ2n) is 4.98. The highest BCUT2D eigenvalue weighted by atomic mass is 32.2. The van der Waals surface area contributed by atoms with Crippen molar-refractivity contribution in [2.24, 2.45) is 5.73 Å². The van der Waals surface area contributed by atoms with Gasteiger partial charge in [-0.1, -0.05) is 13.0 Å². The minimum Gasteiger partial charge on any atom is -0.353 e. The predicted octanol–water partition coefficient (Wildman–Crippen LogP) is 1.78. The summed E-state index contributed by atoms with van der Waals surface area (Å²) in [6.45, 7) is 5.10. The average Bonchev–Trinajstić information content (AvgIpc) is 2.79. The number of nitrogens with two attached hydrogens (primary N) is 1. The lowest BCUT2D eigenvalue weighted by Crippen LogP contribution is -2.37. The summed E-state index contributed by atoms with van der Waals surface area (Å²) in [5.41, 5.74) is 8.04. The minimum atomic E-state index is 0.661. The molecule has 0 aromatic carbocycles. The van der Waals surface area contributed by atoms with Gasteiger partial charge in [0.25, 0.3) is 0 Å². The molecule has 2 aromatic heterocycles. The van der Waals surface area contributed by atoms with Crippen molar-refractivity contribution in [1.82, 2.24) is 9.38 Å². The zero-order chi connectivity index (χ0) is 13.2. The van der Waals surface area contributed by atoms with E-state index in [2.05, 4.69) is 28.5 Å². The molecule has 1 fully saturated rings. The van der Waals surface area contributed by atoms with Crippen molar-refractivity contribution < 1.29 is 0 Å². The number of nitrogens with zero attached hydrogens (tertiary/aromatic N) is 3. The van der Waals surface area contributed by atoms with Gasteiger partial charge >= 0.3 is 0 Å². The summed E-state index contributed by atoms with van der Waals surface area (Å²) in [6, 6.07) is 6.14. The Morgan fingerprint density at radius 2 is 2.37 bits per heavy atom. The first-order valence-corrected chi connectivity index (χ1v) is 7.87. The first-order chi connectivity index (χ1) is 9.29. The average molecular weight is 276 g/mol. The van der Waals surface area contributed by atoms with Crippen molar-refractivity contribution in [2.45, 2.75) is 18.6 Å². The molecule has 2 aromatic rings. The molecule has 0 bridgehead atoms. The molecule has 0 aliphatic carbocycles. The Morgan fingerprint density at radius 1 is 1.47 bits per heavy atom. The van der Waals surface area contributed by atoms with E-state index in [4.69, 9.17) is 10.7 Å². The number of rotatable bonds is 3. The fraction of sp³-hybridized carbons (Fsp3) is 0.500. The van der Waals surface area contributed by atoms with Gasteiger partial charge in [0.05, 0.1) is 5.69 Å². The van der Waals surface area contributed by atoms with Crippen molar-refractivity contribution in [2.75, 3.05) is 30.3 Å². The summed E-state index contributed by atoms with van der Waals surface area (Å²) in [5, 5.41) is 0.671. The molecule has 1 atom stereocenters. The Balaban J connectivity index is 2.03. The Bertz CT molecular complexity index is 566. The SMILES string of the molecule is CC1CN(c2nc3ccccn3c2CCN)CCS1. The molecule has 2 N–H and O–H groups in total. The van der Waals surface area contributed by atoms with Crippen LogP contribution in [0, 0.1) is 0 Å². The second kappa shape index (κ2) is 5.43. The van der Waals surface area contributed by atoms with E-state index in [1.807, 2.05) is 23.9 Å². The maximum absolute atomic E-state index is 5.77. The normalized spacial score (nSPS) is 20.1. The van der Waals surface area contributed by atoms with E-state index in [1.165, 1.54) is 11.4 Å². The zero-order valence-corrected chi connectivity index (χ0v) is 12.1. The summed E-state index contributed by atoms with van der Waals surface area (Å²) in [6.07, 6.45) is 2.96. The van der Waals surface area contributed by atoms with E-state index < -0.39 is 0 Å². The molecule has 1 saturated heterocycles. The van der Waals surface area contributed by atoms with Crippen LogP contribution < -0.4 is 10.6 Å². The van der Waals surface area contributed by atoms with Crippen LogP contribution in [-0.4, -0.2) is 40.0 Å². The molecular weight excluding hydrogens is 256 g/mol. The minimum absolute atomic E-state index is 0.661. The van der Waals surface area contributed by atoms with Crippen LogP contribution in [0.15, 0.2) is 24.4 Å². The first-order valence-electron chi connectivity index (χ1n) is 6.82. The van der Waals surface area contributed by atoms with Gasteiger partial charge in [-0.05, 0) is 18.7 Å². The van der Waals surface area contributed by atoms with Crippen LogP contribution in [0.1, 0.15) is 12.6 Å². The number of imidazole rings is 1. The molecule has 3 rings (SSSR count). The van der Waals surface area contributed by atoms with Crippen molar-refractivity contribution >= 4 is 23.2 Å². The van der Waals surface area contributed by atoms with E-state index in [0.717, 1.165) is 31.0 Å². The maximum Gasteiger partial charge on any atom is 0.151 e.